The predicted octanol–water partition coefficient (Wildman–Crippen LogP) is 2.82. The number of aromatic nitrogens is 5. The van der Waals surface area contributed by atoms with E-state index in [9.17, 15) is 9.18 Å². The number of piperidine rings is 2. The Morgan fingerprint density at radius 3 is 2.61 bits per heavy atom. The van der Waals surface area contributed by atoms with Crippen LogP contribution in [0.2, 0.25) is 0 Å². The van der Waals surface area contributed by atoms with Crippen molar-refractivity contribution < 1.29 is 13.9 Å². The third kappa shape index (κ3) is 3.54. The van der Waals surface area contributed by atoms with E-state index in [1.807, 2.05) is 4.90 Å². The van der Waals surface area contributed by atoms with Crippen molar-refractivity contribution in [2.75, 3.05) is 6.61 Å². The fourth-order valence-electron chi connectivity index (χ4n) is 4.62. The molecular formula is C22H23FN6O2. The minimum atomic E-state index is -0.310. The van der Waals surface area contributed by atoms with Gasteiger partial charge in [0.15, 0.2) is 5.69 Å². The first-order valence-electron chi connectivity index (χ1n) is 10.4. The summed E-state index contributed by atoms with van der Waals surface area (Å²) in [6, 6.07) is 5.99. The molecule has 2 saturated heterocycles. The molecule has 2 unspecified atom stereocenters. The molecule has 160 valence electrons. The van der Waals surface area contributed by atoms with Gasteiger partial charge in [-0.3, -0.25) is 4.79 Å². The number of ether oxygens (including phenoxy) is 1. The van der Waals surface area contributed by atoms with E-state index in [2.05, 4.69) is 27.1 Å². The lowest BCUT2D eigenvalue weighted by atomic mass is 9.64. The van der Waals surface area contributed by atoms with Crippen molar-refractivity contribution in [2.45, 2.75) is 38.8 Å². The quantitative estimate of drug-likeness (QED) is 0.629. The van der Waals surface area contributed by atoms with Gasteiger partial charge in [-0.25, -0.2) is 14.4 Å². The van der Waals surface area contributed by atoms with Gasteiger partial charge < -0.3 is 9.64 Å². The van der Waals surface area contributed by atoms with E-state index in [1.165, 1.54) is 16.9 Å². The summed E-state index contributed by atoms with van der Waals surface area (Å²) in [7, 11) is 0. The molecular weight excluding hydrogens is 399 g/mol. The summed E-state index contributed by atoms with van der Waals surface area (Å²) in [6.07, 6.45) is 6.65. The number of carbonyl (C=O) groups is 1. The number of hydrogen-bond donors (Lipinski definition) is 0. The highest BCUT2D eigenvalue weighted by atomic mass is 19.1. The lowest BCUT2D eigenvalue weighted by Gasteiger charge is -2.57. The molecule has 0 spiro atoms. The highest BCUT2D eigenvalue weighted by Gasteiger charge is 2.51. The molecule has 6 rings (SSSR count). The number of carbonyl (C=O) groups excluding carboxylic acids is 1. The molecule has 1 amide bonds. The van der Waals surface area contributed by atoms with Gasteiger partial charge in [0, 0.05) is 6.04 Å². The van der Waals surface area contributed by atoms with E-state index in [4.69, 9.17) is 4.74 Å². The molecule has 8 nitrogen and oxygen atoms in total. The lowest BCUT2D eigenvalue weighted by Crippen LogP contribution is -2.64. The molecule has 3 aliphatic rings. The molecule has 0 radical (unpaired) electrons. The van der Waals surface area contributed by atoms with Crippen LogP contribution in [0.15, 0.2) is 42.9 Å². The normalized spacial score (nSPS) is 24.5. The zero-order chi connectivity index (χ0) is 21.5. The van der Waals surface area contributed by atoms with Crippen molar-refractivity contribution in [3.63, 3.8) is 0 Å². The van der Waals surface area contributed by atoms with Gasteiger partial charge in [-0.2, -0.15) is 10.2 Å². The van der Waals surface area contributed by atoms with Crippen LogP contribution in [0.4, 0.5) is 4.39 Å². The van der Waals surface area contributed by atoms with Gasteiger partial charge in [-0.15, -0.1) is 4.80 Å². The van der Waals surface area contributed by atoms with E-state index < -0.39 is 0 Å². The number of nitrogens with zero attached hydrogens (tertiary/aromatic N) is 6. The second-order valence-electron chi connectivity index (χ2n) is 8.26. The molecule has 2 atom stereocenters. The zero-order valence-electron chi connectivity index (χ0n) is 17.3. The van der Waals surface area contributed by atoms with Crippen molar-refractivity contribution >= 4 is 5.91 Å². The Labute approximate surface area is 179 Å². The molecule has 1 saturated carbocycles. The average Bonchev–Trinajstić information content (AvgIpc) is 3.27. The van der Waals surface area contributed by atoms with Gasteiger partial charge >= 0.3 is 0 Å². The maximum absolute atomic E-state index is 13.8. The van der Waals surface area contributed by atoms with Crippen LogP contribution in [0.5, 0.6) is 5.75 Å². The smallest absolute Gasteiger partial charge is 0.275 e. The molecule has 2 bridgehead atoms. The van der Waals surface area contributed by atoms with Crippen LogP contribution in [-0.4, -0.2) is 54.5 Å². The molecule has 31 heavy (non-hydrogen) atoms. The Bertz CT molecular complexity index is 1080. The van der Waals surface area contributed by atoms with Gasteiger partial charge in [-0.1, -0.05) is 6.92 Å². The topological polar surface area (TPSA) is 86.0 Å². The van der Waals surface area contributed by atoms with Crippen LogP contribution in [0.3, 0.4) is 0 Å². The molecule has 2 aliphatic heterocycles. The van der Waals surface area contributed by atoms with Crippen LogP contribution >= 0.6 is 0 Å². The summed E-state index contributed by atoms with van der Waals surface area (Å²) >= 11 is 0. The molecule has 9 heteroatoms. The van der Waals surface area contributed by atoms with E-state index in [-0.39, 0.29) is 35.4 Å². The summed E-state index contributed by atoms with van der Waals surface area (Å²) < 4.78 is 19.2. The second kappa shape index (κ2) is 7.72. The Hall–Kier alpha value is -3.36. The molecule has 3 fully saturated rings. The molecule has 2 aromatic heterocycles. The largest absolute Gasteiger partial charge is 0.491 e. The van der Waals surface area contributed by atoms with Gasteiger partial charge in [0.25, 0.3) is 5.91 Å². The second-order valence-corrected chi connectivity index (χ2v) is 8.26. The van der Waals surface area contributed by atoms with Gasteiger partial charge in [0.2, 0.25) is 0 Å². The van der Waals surface area contributed by atoms with Gasteiger partial charge in [-0.05, 0) is 55.9 Å². The number of aryl methyl sites for hydroxylation is 1. The molecule has 0 N–H and O–H groups in total. The summed E-state index contributed by atoms with van der Waals surface area (Å²) in [4.78, 5) is 25.8. The monoisotopic (exact) mass is 422 g/mol. The van der Waals surface area contributed by atoms with E-state index in [0.717, 1.165) is 12.8 Å². The van der Waals surface area contributed by atoms with Crippen molar-refractivity contribution in [3.05, 3.63) is 60.2 Å². The number of halogens is 1. The van der Waals surface area contributed by atoms with Crippen LogP contribution in [0.1, 0.15) is 36.1 Å². The minimum Gasteiger partial charge on any atom is -0.491 e. The fourth-order valence-corrected chi connectivity index (χ4v) is 4.62. The summed E-state index contributed by atoms with van der Waals surface area (Å²) in [5.41, 5.74) is 0.737. The number of rotatable bonds is 5. The first-order valence-corrected chi connectivity index (χ1v) is 10.4. The lowest BCUT2D eigenvalue weighted by molar-refractivity contribution is -0.0673. The maximum Gasteiger partial charge on any atom is 0.275 e. The third-order valence-electron chi connectivity index (χ3n) is 6.45. The summed E-state index contributed by atoms with van der Waals surface area (Å²) in [6.45, 7) is 4.26. The van der Waals surface area contributed by atoms with E-state index in [1.54, 1.807) is 37.6 Å². The Morgan fingerprint density at radius 1 is 1.19 bits per heavy atom. The first-order chi connectivity index (χ1) is 15.0. The average molecular weight is 422 g/mol. The Kier molecular flexibility index (Phi) is 4.88. The molecule has 4 heterocycles. The Morgan fingerprint density at radius 2 is 1.90 bits per heavy atom. The third-order valence-corrected chi connectivity index (χ3v) is 6.45. The van der Waals surface area contributed by atoms with Crippen LogP contribution in [0, 0.1) is 24.6 Å². The predicted molar refractivity (Wildman–Crippen MR) is 109 cm³/mol. The SMILES string of the molecule is Cc1ncc(-n2nccn2)c(C(=O)N2C3CC(C3)C(C)C2COc2ccc(F)cc2)n1. The summed E-state index contributed by atoms with van der Waals surface area (Å²) in [5.74, 6) is 1.48. The number of fused-ring (bicyclic) bond motifs is 2. The van der Waals surface area contributed by atoms with Gasteiger partial charge in [0.1, 0.15) is 29.7 Å². The zero-order valence-corrected chi connectivity index (χ0v) is 17.3. The molecule has 1 aliphatic carbocycles. The van der Waals surface area contributed by atoms with Crippen molar-refractivity contribution in [1.82, 2.24) is 29.9 Å². The number of hydrogen-bond acceptors (Lipinski definition) is 6. The Balaban J connectivity index is 1.45. The molecule has 3 aromatic rings. The maximum atomic E-state index is 13.8. The highest BCUT2D eigenvalue weighted by Crippen LogP contribution is 2.47. The van der Waals surface area contributed by atoms with Crippen molar-refractivity contribution in [1.29, 1.82) is 0 Å². The number of amides is 1. The standard InChI is InChI=1S/C22H23FN6O2/c1-13-15-9-17(10-15)28(20(13)12-31-18-5-3-16(23)4-6-18)22(30)21-19(11-24-14(2)27-21)29-25-7-8-26-29/h3-8,11,13,15,17,20H,9-10,12H2,1-2H3. The van der Waals surface area contributed by atoms with Gasteiger partial charge in [0.05, 0.1) is 24.6 Å². The first kappa shape index (κ1) is 19.6. The minimum absolute atomic E-state index is 0.108. The fraction of sp³-hybridized carbons (Fsp3) is 0.409. The van der Waals surface area contributed by atoms with E-state index >= 15 is 0 Å². The molecule has 1 aromatic carbocycles. The van der Waals surface area contributed by atoms with Crippen molar-refractivity contribution in [3.8, 4) is 11.4 Å². The van der Waals surface area contributed by atoms with Crippen LogP contribution in [-0.2, 0) is 0 Å². The summed E-state index contributed by atoms with van der Waals surface area (Å²) in [5, 5.41) is 8.30. The van der Waals surface area contributed by atoms with Crippen LogP contribution < -0.4 is 4.74 Å². The van der Waals surface area contributed by atoms with Crippen molar-refractivity contribution in [2.24, 2.45) is 11.8 Å². The number of benzene rings is 1. The van der Waals surface area contributed by atoms with E-state index in [0.29, 0.717) is 29.8 Å². The van der Waals surface area contributed by atoms with Crippen LogP contribution in [0.25, 0.3) is 5.69 Å². The highest BCUT2D eigenvalue weighted by molar-refractivity contribution is 5.96.